The minimum Gasteiger partial charge on any atom is -0.462 e. The second kappa shape index (κ2) is 9.23. The predicted octanol–water partition coefficient (Wildman–Crippen LogP) is 4.35. The van der Waals surface area contributed by atoms with E-state index in [1.807, 2.05) is 55.7 Å². The molecule has 0 N–H and O–H groups in total. The van der Waals surface area contributed by atoms with E-state index >= 15 is 0 Å². The summed E-state index contributed by atoms with van der Waals surface area (Å²) in [5.74, 6) is -0.397. The molecule has 0 saturated heterocycles. The Morgan fingerprint density at radius 1 is 1.29 bits per heavy atom. The molecule has 160 valence electrons. The average Bonchev–Trinajstić information content (AvgIpc) is 3.54. The van der Waals surface area contributed by atoms with Gasteiger partial charge in [0.05, 0.1) is 30.2 Å². The van der Waals surface area contributed by atoms with E-state index in [0.717, 1.165) is 17.0 Å². The molecule has 0 radical (unpaired) electrons. The standard InChI is InChI=1S/C22H23N5O3S/c1-4-29-21(28)17-12-23-27(20(17)13-26(3)15(2)18-10-11-30-25-18)22-24-19(14-31-22)16-8-6-5-7-9-16/h5-12,14-15H,4,13H2,1-3H3/t15-/m1/s1. The van der Waals surface area contributed by atoms with Gasteiger partial charge < -0.3 is 9.26 Å². The molecule has 4 rings (SSSR count). The lowest BCUT2D eigenvalue weighted by molar-refractivity contribution is 0.0523. The highest BCUT2D eigenvalue weighted by Gasteiger charge is 2.24. The third-order valence-corrected chi connectivity index (χ3v) is 5.87. The van der Waals surface area contributed by atoms with Crippen molar-refractivity contribution in [1.82, 2.24) is 24.8 Å². The van der Waals surface area contributed by atoms with Crippen molar-refractivity contribution in [3.05, 3.63) is 71.2 Å². The number of benzene rings is 1. The van der Waals surface area contributed by atoms with Crippen LogP contribution in [0.3, 0.4) is 0 Å². The van der Waals surface area contributed by atoms with Crippen LogP contribution in [-0.4, -0.2) is 44.4 Å². The van der Waals surface area contributed by atoms with Crippen LogP contribution in [0.1, 0.15) is 41.6 Å². The lowest BCUT2D eigenvalue weighted by atomic mass is 10.2. The van der Waals surface area contributed by atoms with E-state index in [0.29, 0.717) is 29.5 Å². The zero-order valence-corrected chi connectivity index (χ0v) is 18.4. The number of rotatable bonds is 8. The summed E-state index contributed by atoms with van der Waals surface area (Å²) < 4.78 is 11.9. The zero-order valence-electron chi connectivity index (χ0n) is 17.6. The highest BCUT2D eigenvalue weighted by Crippen LogP contribution is 2.27. The van der Waals surface area contributed by atoms with Gasteiger partial charge in [-0.15, -0.1) is 11.3 Å². The molecule has 0 aliphatic carbocycles. The lowest BCUT2D eigenvalue weighted by Crippen LogP contribution is -2.25. The Morgan fingerprint density at radius 2 is 2.10 bits per heavy atom. The van der Waals surface area contributed by atoms with Gasteiger partial charge >= 0.3 is 5.97 Å². The van der Waals surface area contributed by atoms with Crippen molar-refractivity contribution in [2.45, 2.75) is 26.4 Å². The van der Waals surface area contributed by atoms with E-state index in [4.69, 9.17) is 14.2 Å². The second-order valence-electron chi connectivity index (χ2n) is 7.03. The van der Waals surface area contributed by atoms with Crippen LogP contribution in [0.15, 0.2) is 58.8 Å². The van der Waals surface area contributed by atoms with Crippen molar-refractivity contribution >= 4 is 17.3 Å². The Kier molecular flexibility index (Phi) is 6.24. The van der Waals surface area contributed by atoms with Gasteiger partial charge in [0.15, 0.2) is 0 Å². The quantitative estimate of drug-likeness (QED) is 0.379. The van der Waals surface area contributed by atoms with Crippen LogP contribution in [0.4, 0.5) is 0 Å². The SMILES string of the molecule is CCOC(=O)c1cnn(-c2nc(-c3ccccc3)cs2)c1CN(C)[C@H](C)c1ccon1. The monoisotopic (exact) mass is 437 g/mol. The molecule has 1 aromatic carbocycles. The Morgan fingerprint density at radius 3 is 2.81 bits per heavy atom. The predicted molar refractivity (Wildman–Crippen MR) is 117 cm³/mol. The maximum absolute atomic E-state index is 12.6. The molecule has 0 aliphatic rings. The van der Waals surface area contributed by atoms with Crippen LogP contribution in [-0.2, 0) is 11.3 Å². The van der Waals surface area contributed by atoms with Gasteiger partial charge in [0.25, 0.3) is 0 Å². The van der Waals surface area contributed by atoms with Crippen LogP contribution in [0.2, 0.25) is 0 Å². The van der Waals surface area contributed by atoms with Gasteiger partial charge in [-0.3, -0.25) is 4.90 Å². The molecule has 0 spiro atoms. The summed E-state index contributed by atoms with van der Waals surface area (Å²) in [6, 6.07) is 11.8. The summed E-state index contributed by atoms with van der Waals surface area (Å²) in [6.07, 6.45) is 3.10. The molecular weight excluding hydrogens is 414 g/mol. The zero-order chi connectivity index (χ0) is 21.8. The van der Waals surface area contributed by atoms with Crippen molar-refractivity contribution in [3.63, 3.8) is 0 Å². The number of hydrogen-bond acceptors (Lipinski definition) is 8. The third kappa shape index (κ3) is 4.42. The molecule has 3 heterocycles. The fraction of sp³-hybridized carbons (Fsp3) is 0.273. The van der Waals surface area contributed by atoms with E-state index < -0.39 is 5.97 Å². The summed E-state index contributed by atoms with van der Waals surface area (Å²) in [7, 11) is 1.96. The van der Waals surface area contributed by atoms with Crippen LogP contribution in [0.5, 0.6) is 0 Å². The largest absolute Gasteiger partial charge is 0.462 e. The van der Waals surface area contributed by atoms with Crippen molar-refractivity contribution in [3.8, 4) is 16.4 Å². The number of hydrogen-bond donors (Lipinski definition) is 0. The molecule has 1 atom stereocenters. The first kappa shape index (κ1) is 21.0. The van der Waals surface area contributed by atoms with Gasteiger partial charge in [-0.05, 0) is 20.9 Å². The Bertz CT molecular complexity index is 1140. The van der Waals surface area contributed by atoms with E-state index in [9.17, 15) is 4.79 Å². The number of aromatic nitrogens is 4. The minimum atomic E-state index is -0.397. The van der Waals surface area contributed by atoms with Gasteiger partial charge in [-0.2, -0.15) is 5.10 Å². The number of carbonyl (C=O) groups excluding carboxylic acids is 1. The fourth-order valence-electron chi connectivity index (χ4n) is 3.21. The summed E-state index contributed by atoms with van der Waals surface area (Å²) >= 11 is 1.47. The molecule has 0 saturated carbocycles. The third-order valence-electron chi connectivity index (χ3n) is 5.05. The first-order valence-corrected chi connectivity index (χ1v) is 10.8. The van der Waals surface area contributed by atoms with Crippen LogP contribution in [0.25, 0.3) is 16.4 Å². The second-order valence-corrected chi connectivity index (χ2v) is 7.87. The molecule has 0 fully saturated rings. The number of nitrogens with zero attached hydrogens (tertiary/aromatic N) is 5. The molecule has 0 aliphatic heterocycles. The van der Waals surface area contributed by atoms with E-state index in [1.54, 1.807) is 24.1 Å². The smallest absolute Gasteiger partial charge is 0.341 e. The molecule has 9 heteroatoms. The van der Waals surface area contributed by atoms with Gasteiger partial charge in [0.2, 0.25) is 5.13 Å². The Hall–Kier alpha value is -3.30. The fourth-order valence-corrected chi connectivity index (χ4v) is 4.02. The normalized spacial score (nSPS) is 12.3. The van der Waals surface area contributed by atoms with Crippen molar-refractivity contribution in [1.29, 1.82) is 0 Å². The van der Waals surface area contributed by atoms with Gasteiger partial charge in [-0.1, -0.05) is 35.5 Å². The van der Waals surface area contributed by atoms with Crippen molar-refractivity contribution in [2.75, 3.05) is 13.7 Å². The van der Waals surface area contributed by atoms with Crippen molar-refractivity contribution in [2.24, 2.45) is 0 Å². The number of thiazole rings is 1. The van der Waals surface area contributed by atoms with E-state index in [2.05, 4.69) is 15.2 Å². The lowest BCUT2D eigenvalue weighted by Gasteiger charge is -2.23. The molecule has 4 aromatic rings. The molecule has 31 heavy (non-hydrogen) atoms. The molecule has 0 amide bonds. The summed E-state index contributed by atoms with van der Waals surface area (Å²) in [6.45, 7) is 4.56. The van der Waals surface area contributed by atoms with Crippen LogP contribution < -0.4 is 0 Å². The van der Waals surface area contributed by atoms with E-state index in [1.165, 1.54) is 11.3 Å². The number of esters is 1. The van der Waals surface area contributed by atoms with E-state index in [-0.39, 0.29) is 6.04 Å². The first-order valence-electron chi connectivity index (χ1n) is 9.94. The molecule has 0 bridgehead atoms. The minimum absolute atomic E-state index is 0.0201. The molecule has 3 aromatic heterocycles. The van der Waals surface area contributed by atoms with Gasteiger partial charge in [0, 0.05) is 23.6 Å². The summed E-state index contributed by atoms with van der Waals surface area (Å²) in [5.41, 5.74) is 3.85. The molecule has 8 nitrogen and oxygen atoms in total. The molecular formula is C22H23N5O3S. The average molecular weight is 438 g/mol. The number of ether oxygens (including phenoxy) is 1. The summed E-state index contributed by atoms with van der Waals surface area (Å²) in [5, 5.41) is 11.2. The topological polar surface area (TPSA) is 86.3 Å². The number of carbonyl (C=O) groups is 1. The highest BCUT2D eigenvalue weighted by atomic mass is 32.1. The maximum Gasteiger partial charge on any atom is 0.341 e. The Labute approximate surface area is 184 Å². The van der Waals surface area contributed by atoms with Crippen LogP contribution >= 0.6 is 11.3 Å². The van der Waals surface area contributed by atoms with Gasteiger partial charge in [0.1, 0.15) is 17.5 Å². The maximum atomic E-state index is 12.6. The Balaban J connectivity index is 1.68. The summed E-state index contributed by atoms with van der Waals surface area (Å²) in [4.78, 5) is 19.4. The van der Waals surface area contributed by atoms with Crippen molar-refractivity contribution < 1.29 is 14.1 Å². The van der Waals surface area contributed by atoms with Crippen LogP contribution in [0, 0.1) is 0 Å². The molecule has 0 unspecified atom stereocenters. The van der Waals surface area contributed by atoms with Gasteiger partial charge in [-0.25, -0.2) is 14.5 Å². The first-order chi connectivity index (χ1) is 15.1. The highest BCUT2D eigenvalue weighted by molar-refractivity contribution is 7.12.